The standard InChI is InChI=1S/C9H8FNO4/c10-7(9(13)14)15-6-3-1-2-5(4-6)8(11)12/h1-4,7H,(H2,11,12)(H,13,14). The molecule has 0 aliphatic rings. The van der Waals surface area contributed by atoms with E-state index in [9.17, 15) is 14.0 Å². The molecule has 0 radical (unpaired) electrons. The number of ether oxygens (including phenoxy) is 1. The molecule has 0 fully saturated rings. The van der Waals surface area contributed by atoms with Crippen molar-refractivity contribution < 1.29 is 23.8 Å². The van der Waals surface area contributed by atoms with Crippen LogP contribution in [-0.2, 0) is 4.79 Å². The first kappa shape index (κ1) is 11.0. The van der Waals surface area contributed by atoms with Crippen LogP contribution in [0.5, 0.6) is 5.75 Å². The summed E-state index contributed by atoms with van der Waals surface area (Å²) in [5.41, 5.74) is 5.08. The van der Waals surface area contributed by atoms with Crippen molar-refractivity contribution in [2.24, 2.45) is 5.73 Å². The van der Waals surface area contributed by atoms with Gasteiger partial charge in [0.05, 0.1) is 0 Å². The van der Waals surface area contributed by atoms with Gasteiger partial charge >= 0.3 is 12.3 Å². The Hall–Kier alpha value is -2.11. The Bertz CT molecular complexity index is 393. The molecule has 3 N–H and O–H groups in total. The van der Waals surface area contributed by atoms with E-state index < -0.39 is 18.2 Å². The minimum absolute atomic E-state index is 0.0683. The summed E-state index contributed by atoms with van der Waals surface area (Å²) in [5.74, 6) is -2.51. The molecule has 6 heteroatoms. The lowest BCUT2D eigenvalue weighted by Gasteiger charge is -2.07. The van der Waals surface area contributed by atoms with E-state index in [0.29, 0.717) is 0 Å². The number of hydrogen-bond acceptors (Lipinski definition) is 3. The van der Waals surface area contributed by atoms with Crippen molar-refractivity contribution in [3.05, 3.63) is 29.8 Å². The SMILES string of the molecule is NC(=O)c1cccc(OC(F)C(=O)O)c1. The van der Waals surface area contributed by atoms with Gasteiger partial charge in [-0.1, -0.05) is 6.07 Å². The molecule has 0 heterocycles. The first-order valence-corrected chi connectivity index (χ1v) is 3.94. The average Bonchev–Trinajstić information content (AvgIpc) is 2.18. The van der Waals surface area contributed by atoms with Crippen LogP contribution in [0.4, 0.5) is 4.39 Å². The van der Waals surface area contributed by atoms with Crippen molar-refractivity contribution in [3.63, 3.8) is 0 Å². The van der Waals surface area contributed by atoms with Crippen LogP contribution in [0.1, 0.15) is 10.4 Å². The van der Waals surface area contributed by atoms with E-state index >= 15 is 0 Å². The van der Waals surface area contributed by atoms with Gasteiger partial charge in [-0.3, -0.25) is 4.79 Å². The highest BCUT2D eigenvalue weighted by atomic mass is 19.1. The van der Waals surface area contributed by atoms with Gasteiger partial charge in [0.15, 0.2) is 0 Å². The lowest BCUT2D eigenvalue weighted by Crippen LogP contribution is -2.21. The molecule has 15 heavy (non-hydrogen) atoms. The van der Waals surface area contributed by atoms with Gasteiger partial charge in [-0.15, -0.1) is 0 Å². The number of carboxylic acids is 1. The Balaban J connectivity index is 2.82. The lowest BCUT2D eigenvalue weighted by atomic mass is 10.2. The summed E-state index contributed by atoms with van der Waals surface area (Å²) in [6.07, 6.45) is -2.46. The highest BCUT2D eigenvalue weighted by molar-refractivity contribution is 5.93. The number of rotatable bonds is 4. The molecule has 0 bridgehead atoms. The predicted molar refractivity (Wildman–Crippen MR) is 48.1 cm³/mol. The molecule has 0 spiro atoms. The molecule has 1 aromatic rings. The number of nitrogens with two attached hydrogens (primary N) is 1. The summed E-state index contributed by atoms with van der Waals surface area (Å²) in [6.45, 7) is 0. The number of alkyl halides is 1. The van der Waals surface area contributed by atoms with Gasteiger partial charge in [0.1, 0.15) is 5.75 Å². The van der Waals surface area contributed by atoms with Gasteiger partial charge in [-0.25, -0.2) is 4.79 Å². The molecule has 0 saturated carbocycles. The fourth-order valence-electron chi connectivity index (χ4n) is 0.893. The molecule has 80 valence electrons. The normalized spacial score (nSPS) is 11.8. The second kappa shape index (κ2) is 4.41. The van der Waals surface area contributed by atoms with Gasteiger partial charge in [0.25, 0.3) is 0 Å². The second-order valence-electron chi connectivity index (χ2n) is 2.66. The smallest absolute Gasteiger partial charge is 0.378 e. The van der Waals surface area contributed by atoms with E-state index in [4.69, 9.17) is 10.8 Å². The largest absolute Gasteiger partial charge is 0.476 e. The number of aliphatic carboxylic acids is 1. The number of benzene rings is 1. The molecule has 1 amide bonds. The summed E-state index contributed by atoms with van der Waals surface area (Å²) >= 11 is 0. The van der Waals surface area contributed by atoms with Gasteiger partial charge < -0.3 is 15.6 Å². The molecule has 1 rings (SSSR count). The highest BCUT2D eigenvalue weighted by Gasteiger charge is 2.17. The van der Waals surface area contributed by atoms with Crippen molar-refractivity contribution in [1.82, 2.24) is 0 Å². The van der Waals surface area contributed by atoms with Crippen LogP contribution in [-0.4, -0.2) is 23.3 Å². The van der Waals surface area contributed by atoms with Crippen LogP contribution < -0.4 is 10.5 Å². The number of amides is 1. The number of hydrogen-bond donors (Lipinski definition) is 2. The first-order valence-electron chi connectivity index (χ1n) is 3.94. The van der Waals surface area contributed by atoms with E-state index in [1.807, 2.05) is 0 Å². The van der Waals surface area contributed by atoms with Crippen molar-refractivity contribution in [3.8, 4) is 5.75 Å². The van der Waals surface area contributed by atoms with E-state index in [-0.39, 0.29) is 11.3 Å². The van der Waals surface area contributed by atoms with E-state index in [0.717, 1.165) is 6.07 Å². The van der Waals surface area contributed by atoms with Crippen LogP contribution in [0.15, 0.2) is 24.3 Å². The molecule has 0 aliphatic heterocycles. The lowest BCUT2D eigenvalue weighted by molar-refractivity contribution is -0.153. The molecule has 1 unspecified atom stereocenters. The van der Waals surface area contributed by atoms with Crippen LogP contribution in [0.3, 0.4) is 0 Å². The zero-order valence-corrected chi connectivity index (χ0v) is 7.51. The Morgan fingerprint density at radius 3 is 2.67 bits per heavy atom. The second-order valence-corrected chi connectivity index (χ2v) is 2.66. The van der Waals surface area contributed by atoms with E-state index in [1.165, 1.54) is 18.2 Å². The summed E-state index contributed by atoms with van der Waals surface area (Å²) in [6, 6.07) is 5.30. The Morgan fingerprint density at radius 1 is 1.47 bits per heavy atom. The van der Waals surface area contributed by atoms with E-state index in [1.54, 1.807) is 0 Å². The Labute approximate surface area is 84.3 Å². The maximum atomic E-state index is 12.6. The summed E-state index contributed by atoms with van der Waals surface area (Å²) in [7, 11) is 0. The number of halogens is 1. The van der Waals surface area contributed by atoms with Crippen molar-refractivity contribution >= 4 is 11.9 Å². The summed E-state index contributed by atoms with van der Waals surface area (Å²) in [5, 5.41) is 8.23. The van der Waals surface area contributed by atoms with Gasteiger partial charge in [-0.05, 0) is 18.2 Å². The molecule has 1 atom stereocenters. The molecule has 0 saturated heterocycles. The fraction of sp³-hybridized carbons (Fsp3) is 0.111. The van der Waals surface area contributed by atoms with Crippen LogP contribution in [0.2, 0.25) is 0 Å². The van der Waals surface area contributed by atoms with Crippen LogP contribution in [0.25, 0.3) is 0 Å². The Kier molecular flexibility index (Phi) is 3.22. The minimum atomic E-state index is -2.46. The fourth-order valence-corrected chi connectivity index (χ4v) is 0.893. The first-order chi connectivity index (χ1) is 7.00. The molecule has 5 nitrogen and oxygen atoms in total. The molecular formula is C9H8FNO4. The monoisotopic (exact) mass is 213 g/mol. The molecule has 0 aliphatic carbocycles. The minimum Gasteiger partial charge on any atom is -0.476 e. The quantitative estimate of drug-likeness (QED) is 0.763. The van der Waals surface area contributed by atoms with Gasteiger partial charge in [0.2, 0.25) is 5.91 Å². The number of carboxylic acid groups (broad SMARTS) is 1. The van der Waals surface area contributed by atoms with E-state index in [2.05, 4.69) is 4.74 Å². The van der Waals surface area contributed by atoms with Gasteiger partial charge in [-0.2, -0.15) is 4.39 Å². The van der Waals surface area contributed by atoms with Crippen molar-refractivity contribution in [2.75, 3.05) is 0 Å². The average molecular weight is 213 g/mol. The maximum Gasteiger partial charge on any atom is 0.378 e. The topological polar surface area (TPSA) is 89.6 Å². The summed E-state index contributed by atoms with van der Waals surface area (Å²) < 4.78 is 17.0. The third-order valence-electron chi connectivity index (χ3n) is 1.55. The number of carbonyl (C=O) groups excluding carboxylic acids is 1. The van der Waals surface area contributed by atoms with Crippen molar-refractivity contribution in [2.45, 2.75) is 6.36 Å². The highest BCUT2D eigenvalue weighted by Crippen LogP contribution is 2.15. The molecule has 0 aromatic heterocycles. The molecule has 1 aromatic carbocycles. The predicted octanol–water partition coefficient (Wildman–Crippen LogP) is 0.544. The maximum absolute atomic E-state index is 12.6. The third kappa shape index (κ3) is 2.94. The zero-order chi connectivity index (χ0) is 11.4. The Morgan fingerprint density at radius 2 is 2.13 bits per heavy atom. The van der Waals surface area contributed by atoms with Gasteiger partial charge in [0, 0.05) is 5.56 Å². The van der Waals surface area contributed by atoms with Crippen LogP contribution >= 0.6 is 0 Å². The third-order valence-corrected chi connectivity index (χ3v) is 1.55. The molecular weight excluding hydrogens is 205 g/mol. The van der Waals surface area contributed by atoms with Crippen molar-refractivity contribution in [1.29, 1.82) is 0 Å². The zero-order valence-electron chi connectivity index (χ0n) is 7.51. The number of carbonyl (C=O) groups is 2. The summed E-state index contributed by atoms with van der Waals surface area (Å²) in [4.78, 5) is 20.9. The number of primary amides is 1. The van der Waals surface area contributed by atoms with Crippen LogP contribution in [0, 0.1) is 0 Å².